The number of rotatable bonds is 8. The van der Waals surface area contributed by atoms with Crippen molar-refractivity contribution in [2.45, 2.75) is 38.3 Å². The molecule has 1 aliphatic rings. The van der Waals surface area contributed by atoms with Crippen molar-refractivity contribution >= 4 is 0 Å². The van der Waals surface area contributed by atoms with Gasteiger partial charge in [0.2, 0.25) is 0 Å². The molecular formula is C15H22FNO2. The first-order valence-electron chi connectivity index (χ1n) is 6.81. The van der Waals surface area contributed by atoms with Crippen LogP contribution in [0.3, 0.4) is 0 Å². The van der Waals surface area contributed by atoms with Crippen LogP contribution < -0.4 is 5.73 Å². The Morgan fingerprint density at radius 1 is 1.42 bits per heavy atom. The Morgan fingerprint density at radius 2 is 2.21 bits per heavy atom. The summed E-state index contributed by atoms with van der Waals surface area (Å²) in [6, 6.07) is 5.11. The molecule has 1 atom stereocenters. The van der Waals surface area contributed by atoms with Crippen molar-refractivity contribution in [1.82, 2.24) is 0 Å². The Balaban J connectivity index is 1.88. The molecule has 2 N–H and O–H groups in total. The van der Waals surface area contributed by atoms with E-state index in [9.17, 15) is 4.39 Å². The van der Waals surface area contributed by atoms with Gasteiger partial charge in [-0.3, -0.25) is 0 Å². The van der Waals surface area contributed by atoms with Gasteiger partial charge in [-0.05, 0) is 30.4 Å². The molecule has 1 fully saturated rings. The van der Waals surface area contributed by atoms with Gasteiger partial charge in [0, 0.05) is 18.7 Å². The summed E-state index contributed by atoms with van der Waals surface area (Å²) in [6.45, 7) is 0.388. The van der Waals surface area contributed by atoms with E-state index < -0.39 is 0 Å². The van der Waals surface area contributed by atoms with Crippen LogP contribution in [0.25, 0.3) is 0 Å². The van der Waals surface area contributed by atoms with Gasteiger partial charge in [-0.15, -0.1) is 0 Å². The molecule has 106 valence electrons. The Bertz CT molecular complexity index is 407. The average molecular weight is 267 g/mol. The quantitative estimate of drug-likeness (QED) is 0.581. The number of hydrogen-bond acceptors (Lipinski definition) is 3. The fourth-order valence-corrected chi connectivity index (χ4v) is 2.13. The lowest BCUT2D eigenvalue weighted by Gasteiger charge is -2.13. The van der Waals surface area contributed by atoms with E-state index in [2.05, 4.69) is 0 Å². The zero-order valence-corrected chi connectivity index (χ0v) is 11.4. The van der Waals surface area contributed by atoms with Crippen LogP contribution in [-0.4, -0.2) is 13.9 Å². The Kier molecular flexibility index (Phi) is 5.31. The molecule has 1 saturated carbocycles. The maximum Gasteiger partial charge on any atom is 0.146 e. The number of nitrogens with two attached hydrogens (primary N) is 1. The predicted octanol–water partition coefficient (Wildman–Crippen LogP) is 3.14. The molecule has 3 nitrogen and oxygen atoms in total. The molecule has 0 amide bonds. The van der Waals surface area contributed by atoms with E-state index in [4.69, 9.17) is 15.2 Å². The van der Waals surface area contributed by atoms with Crippen LogP contribution in [0.4, 0.5) is 4.39 Å². The van der Waals surface area contributed by atoms with Gasteiger partial charge in [-0.1, -0.05) is 25.0 Å². The predicted molar refractivity (Wildman–Crippen MR) is 72.0 cm³/mol. The number of ether oxygens (including phenoxy) is 2. The van der Waals surface area contributed by atoms with Gasteiger partial charge in [0.25, 0.3) is 0 Å². The number of benzene rings is 1. The molecule has 4 heteroatoms. The van der Waals surface area contributed by atoms with Crippen molar-refractivity contribution in [2.24, 2.45) is 11.7 Å². The minimum absolute atomic E-state index is 0.0657. The highest BCUT2D eigenvalue weighted by Gasteiger charge is 2.22. The molecule has 0 bridgehead atoms. The summed E-state index contributed by atoms with van der Waals surface area (Å²) >= 11 is 0. The second kappa shape index (κ2) is 6.98. The lowest BCUT2D eigenvalue weighted by molar-refractivity contribution is -0.0398. The van der Waals surface area contributed by atoms with Gasteiger partial charge in [0.05, 0.1) is 6.61 Å². The van der Waals surface area contributed by atoms with Crippen molar-refractivity contribution in [2.75, 3.05) is 13.9 Å². The Labute approximate surface area is 113 Å². The number of halogens is 1. The third-order valence-corrected chi connectivity index (χ3v) is 3.55. The first-order valence-corrected chi connectivity index (χ1v) is 6.81. The van der Waals surface area contributed by atoms with Crippen LogP contribution in [0.5, 0.6) is 0 Å². The van der Waals surface area contributed by atoms with Crippen molar-refractivity contribution in [1.29, 1.82) is 0 Å². The fraction of sp³-hybridized carbons (Fsp3) is 0.600. The van der Waals surface area contributed by atoms with E-state index in [1.54, 1.807) is 13.2 Å². The Hall–Kier alpha value is -0.970. The maximum absolute atomic E-state index is 13.9. The smallest absolute Gasteiger partial charge is 0.146 e. The second-order valence-electron chi connectivity index (χ2n) is 5.23. The van der Waals surface area contributed by atoms with Crippen LogP contribution in [0, 0.1) is 11.7 Å². The molecule has 0 unspecified atom stereocenters. The molecule has 0 heterocycles. The highest BCUT2D eigenvalue weighted by atomic mass is 19.1. The molecule has 0 radical (unpaired) electrons. The van der Waals surface area contributed by atoms with E-state index in [0.717, 1.165) is 24.3 Å². The van der Waals surface area contributed by atoms with E-state index >= 15 is 0 Å². The van der Waals surface area contributed by atoms with E-state index in [1.807, 2.05) is 6.07 Å². The summed E-state index contributed by atoms with van der Waals surface area (Å²) < 4.78 is 23.8. The second-order valence-corrected chi connectivity index (χ2v) is 5.23. The molecule has 19 heavy (non-hydrogen) atoms. The molecule has 0 aliphatic heterocycles. The van der Waals surface area contributed by atoms with Crippen LogP contribution in [0.15, 0.2) is 18.2 Å². The SMILES string of the molecule is COCOCc1ccc([C@@H](N)CCC2CC2)cc1F. The molecule has 0 spiro atoms. The van der Waals surface area contributed by atoms with E-state index in [-0.39, 0.29) is 25.3 Å². The van der Waals surface area contributed by atoms with Gasteiger partial charge in [-0.2, -0.15) is 0 Å². The first-order chi connectivity index (χ1) is 9.20. The van der Waals surface area contributed by atoms with Crippen molar-refractivity contribution in [3.63, 3.8) is 0 Å². The van der Waals surface area contributed by atoms with Crippen LogP contribution in [0.2, 0.25) is 0 Å². The number of methoxy groups -OCH3 is 1. The first kappa shape index (κ1) is 14.4. The zero-order chi connectivity index (χ0) is 13.7. The molecule has 1 aliphatic carbocycles. The summed E-state index contributed by atoms with van der Waals surface area (Å²) in [4.78, 5) is 0. The molecule has 1 aromatic rings. The normalized spacial score (nSPS) is 16.6. The van der Waals surface area contributed by atoms with Gasteiger partial charge >= 0.3 is 0 Å². The average Bonchev–Trinajstić information content (AvgIpc) is 3.22. The molecule has 1 aromatic carbocycles. The zero-order valence-electron chi connectivity index (χ0n) is 11.4. The summed E-state index contributed by atoms with van der Waals surface area (Å²) in [5.41, 5.74) is 7.50. The minimum Gasteiger partial charge on any atom is -0.359 e. The number of hydrogen-bond donors (Lipinski definition) is 1. The van der Waals surface area contributed by atoms with Gasteiger partial charge in [0.15, 0.2) is 0 Å². The van der Waals surface area contributed by atoms with Crippen molar-refractivity contribution in [3.05, 3.63) is 35.1 Å². The summed E-state index contributed by atoms with van der Waals surface area (Å²) in [5, 5.41) is 0. The van der Waals surface area contributed by atoms with Crippen molar-refractivity contribution in [3.8, 4) is 0 Å². The van der Waals surface area contributed by atoms with E-state index in [1.165, 1.54) is 18.9 Å². The Morgan fingerprint density at radius 3 is 2.84 bits per heavy atom. The lowest BCUT2D eigenvalue weighted by Crippen LogP contribution is -2.11. The topological polar surface area (TPSA) is 44.5 Å². The molecular weight excluding hydrogens is 245 g/mol. The van der Waals surface area contributed by atoms with Gasteiger partial charge in [0.1, 0.15) is 12.6 Å². The van der Waals surface area contributed by atoms with Gasteiger partial charge < -0.3 is 15.2 Å². The van der Waals surface area contributed by atoms with Crippen LogP contribution in [-0.2, 0) is 16.1 Å². The van der Waals surface area contributed by atoms with Crippen LogP contribution >= 0.6 is 0 Å². The third kappa shape index (κ3) is 4.56. The van der Waals surface area contributed by atoms with Crippen LogP contribution in [0.1, 0.15) is 42.9 Å². The highest BCUT2D eigenvalue weighted by molar-refractivity contribution is 5.26. The van der Waals surface area contributed by atoms with Gasteiger partial charge in [-0.25, -0.2) is 4.39 Å². The summed E-state index contributed by atoms with van der Waals surface area (Å²) in [6.07, 6.45) is 4.75. The fourth-order valence-electron chi connectivity index (χ4n) is 2.13. The molecule has 0 aromatic heterocycles. The minimum atomic E-state index is -0.254. The molecule has 0 saturated heterocycles. The maximum atomic E-state index is 13.9. The third-order valence-electron chi connectivity index (χ3n) is 3.55. The standard InChI is InChI=1S/C15H22FNO2/c1-18-10-19-9-13-6-5-12(8-14(13)16)15(17)7-4-11-2-3-11/h5-6,8,11,15H,2-4,7,9-10,17H2,1H3/t15-/m0/s1. The summed E-state index contributed by atoms with van der Waals surface area (Å²) in [7, 11) is 1.54. The monoisotopic (exact) mass is 267 g/mol. The van der Waals surface area contributed by atoms with E-state index in [0.29, 0.717) is 5.56 Å². The summed E-state index contributed by atoms with van der Waals surface area (Å²) in [5.74, 6) is 0.605. The largest absolute Gasteiger partial charge is 0.359 e. The molecule has 2 rings (SSSR count). The highest BCUT2D eigenvalue weighted by Crippen LogP contribution is 2.35. The van der Waals surface area contributed by atoms with Crippen molar-refractivity contribution < 1.29 is 13.9 Å². The lowest BCUT2D eigenvalue weighted by atomic mass is 10.00.